The molecule has 0 atom stereocenters. The maximum Gasteiger partial charge on any atom is 0.573 e. The first kappa shape index (κ1) is 30.1. The van der Waals surface area contributed by atoms with Gasteiger partial charge in [0, 0.05) is 28.7 Å². The zero-order chi connectivity index (χ0) is 29.4. The van der Waals surface area contributed by atoms with Gasteiger partial charge in [-0.05, 0) is 113 Å². The summed E-state index contributed by atoms with van der Waals surface area (Å²) in [6.45, 7) is 6.92. The Labute approximate surface area is 247 Å². The third-order valence-corrected chi connectivity index (χ3v) is 11.8. The van der Waals surface area contributed by atoms with Crippen LogP contribution in [0.3, 0.4) is 0 Å². The lowest BCUT2D eigenvalue weighted by Gasteiger charge is -2.45. The summed E-state index contributed by atoms with van der Waals surface area (Å²) in [5.74, 6) is 0.0286. The van der Waals surface area contributed by atoms with Crippen LogP contribution in [0.5, 0.6) is 5.75 Å². The fourth-order valence-corrected chi connectivity index (χ4v) is 9.08. The number of aromatic nitrogens is 2. The van der Waals surface area contributed by atoms with Crippen molar-refractivity contribution in [2.24, 2.45) is 0 Å². The van der Waals surface area contributed by atoms with Crippen molar-refractivity contribution in [1.29, 1.82) is 0 Å². The lowest BCUT2D eigenvalue weighted by Crippen LogP contribution is -2.48. The second kappa shape index (κ2) is 11.7. The Morgan fingerprint density at radius 3 is 2.17 bits per heavy atom. The Bertz CT molecular complexity index is 1440. The molecule has 11 heteroatoms. The molecule has 0 amide bonds. The third-order valence-electron chi connectivity index (χ3n) is 8.71. The number of ether oxygens (including phenoxy) is 1. The fourth-order valence-electron chi connectivity index (χ4n) is 6.65. The predicted molar refractivity (Wildman–Crippen MR) is 155 cm³/mol. The average Bonchev–Trinajstić information content (AvgIpc) is 3.33. The maximum absolute atomic E-state index is 14.2. The first-order valence-electron chi connectivity index (χ1n) is 14.1. The molecule has 0 unspecified atom stereocenters. The number of rotatable bonds is 7. The van der Waals surface area contributed by atoms with Gasteiger partial charge in [-0.25, -0.2) is 8.42 Å². The molecule has 1 saturated heterocycles. The van der Waals surface area contributed by atoms with Crippen LogP contribution in [0.1, 0.15) is 68.3 Å². The fraction of sp³-hybridized carbons (Fsp3) is 0.500. The molecule has 6 nitrogen and oxygen atoms in total. The van der Waals surface area contributed by atoms with Gasteiger partial charge in [0.25, 0.3) is 0 Å². The van der Waals surface area contributed by atoms with E-state index in [9.17, 15) is 21.6 Å². The third kappa shape index (κ3) is 6.22. The molecule has 0 N–H and O–H groups in total. The van der Waals surface area contributed by atoms with Crippen molar-refractivity contribution in [1.82, 2.24) is 14.7 Å². The Morgan fingerprint density at radius 1 is 1.00 bits per heavy atom. The van der Waals surface area contributed by atoms with Crippen LogP contribution < -0.4 is 4.74 Å². The lowest BCUT2D eigenvalue weighted by molar-refractivity contribution is -0.274. The van der Waals surface area contributed by atoms with E-state index in [-0.39, 0.29) is 10.9 Å². The Balaban J connectivity index is 1.34. The molecule has 1 aromatic heterocycles. The molecule has 0 bridgehead atoms. The molecule has 2 aromatic carbocycles. The summed E-state index contributed by atoms with van der Waals surface area (Å²) < 4.78 is 72.2. The van der Waals surface area contributed by atoms with Crippen LogP contribution in [0.4, 0.5) is 13.2 Å². The largest absolute Gasteiger partial charge is 0.573 e. The molecule has 5 rings (SSSR count). The molecule has 41 heavy (non-hydrogen) atoms. The molecule has 1 aliphatic heterocycles. The number of hydrogen-bond acceptors (Lipinski definition) is 5. The van der Waals surface area contributed by atoms with E-state index in [1.165, 1.54) is 17.8 Å². The van der Waals surface area contributed by atoms with Crippen LogP contribution in [0.15, 0.2) is 64.0 Å². The SMILES string of the molecule is CCn1nc(C)cc1C1CCN(C2CCC(c3ccc(Br)cc3)(S(=O)(=O)c3ccc(OC(F)(F)F)cc3)CC2)CC1. The monoisotopic (exact) mass is 653 g/mol. The quantitative estimate of drug-likeness (QED) is 0.267. The minimum absolute atomic E-state index is 0.00274. The van der Waals surface area contributed by atoms with Crippen LogP contribution in [-0.2, 0) is 21.1 Å². The highest BCUT2D eigenvalue weighted by Crippen LogP contribution is 2.48. The summed E-state index contributed by atoms with van der Waals surface area (Å²) in [7, 11) is -3.93. The van der Waals surface area contributed by atoms with Crippen LogP contribution in [0.2, 0.25) is 0 Å². The molecule has 1 saturated carbocycles. The number of hydrogen-bond donors (Lipinski definition) is 0. The van der Waals surface area contributed by atoms with E-state index in [1.54, 1.807) is 0 Å². The van der Waals surface area contributed by atoms with Crippen LogP contribution >= 0.6 is 15.9 Å². The number of alkyl halides is 3. The average molecular weight is 655 g/mol. The van der Waals surface area contributed by atoms with Gasteiger partial charge in [-0.15, -0.1) is 13.2 Å². The number of nitrogens with zero attached hydrogens (tertiary/aromatic N) is 3. The summed E-state index contributed by atoms with van der Waals surface area (Å²) in [6, 6.07) is 14.4. The van der Waals surface area contributed by atoms with Gasteiger partial charge in [0.15, 0.2) is 9.84 Å². The van der Waals surface area contributed by atoms with Crippen molar-refractivity contribution < 1.29 is 26.3 Å². The van der Waals surface area contributed by atoms with E-state index in [2.05, 4.69) is 48.3 Å². The standard InChI is InChI=1S/C30H35BrF3N3O3S/c1-3-37-28(20-21(2)35-37)22-14-18-36(19-15-22)25-12-16-29(17-13-25,23-4-6-24(31)7-5-23)41(38,39)27-10-8-26(9-11-27)40-30(32,33)34/h4-11,20,22,25H,3,12-19H2,1-2H3. The van der Waals surface area contributed by atoms with Gasteiger partial charge in [-0.2, -0.15) is 5.10 Å². The van der Waals surface area contributed by atoms with Crippen molar-refractivity contribution >= 4 is 25.8 Å². The molecular weight excluding hydrogens is 619 g/mol. The second-order valence-electron chi connectivity index (χ2n) is 11.1. The van der Waals surface area contributed by atoms with E-state index >= 15 is 0 Å². The molecule has 2 heterocycles. The second-order valence-corrected chi connectivity index (χ2v) is 14.3. The summed E-state index contributed by atoms with van der Waals surface area (Å²) in [4.78, 5) is 2.51. The van der Waals surface area contributed by atoms with E-state index in [1.807, 2.05) is 31.2 Å². The first-order chi connectivity index (χ1) is 19.4. The van der Waals surface area contributed by atoms with E-state index < -0.39 is 26.7 Å². The zero-order valence-corrected chi connectivity index (χ0v) is 25.6. The topological polar surface area (TPSA) is 64.4 Å². The predicted octanol–water partition coefficient (Wildman–Crippen LogP) is 7.36. The number of benzene rings is 2. The van der Waals surface area contributed by atoms with E-state index in [0.717, 1.165) is 67.6 Å². The van der Waals surface area contributed by atoms with Crippen molar-refractivity contribution in [2.45, 2.75) is 86.9 Å². The summed E-state index contributed by atoms with van der Waals surface area (Å²) in [5, 5.41) is 4.62. The van der Waals surface area contributed by atoms with Gasteiger partial charge < -0.3 is 9.64 Å². The lowest BCUT2D eigenvalue weighted by atomic mass is 9.79. The van der Waals surface area contributed by atoms with Crippen LogP contribution in [0, 0.1) is 6.92 Å². The Kier molecular flexibility index (Phi) is 8.61. The van der Waals surface area contributed by atoms with Gasteiger partial charge in [-0.3, -0.25) is 4.68 Å². The molecule has 0 spiro atoms. The van der Waals surface area contributed by atoms with Crippen LogP contribution in [-0.4, -0.2) is 48.6 Å². The maximum atomic E-state index is 14.2. The molecular formula is C30H35BrF3N3O3S. The van der Waals surface area contributed by atoms with Crippen molar-refractivity contribution in [3.63, 3.8) is 0 Å². The minimum atomic E-state index is -4.85. The first-order valence-corrected chi connectivity index (χ1v) is 16.3. The number of likely N-dealkylation sites (tertiary alicyclic amines) is 1. The number of sulfone groups is 1. The molecule has 2 aliphatic rings. The molecule has 1 aliphatic carbocycles. The van der Waals surface area contributed by atoms with E-state index in [4.69, 9.17) is 0 Å². The van der Waals surface area contributed by atoms with Gasteiger partial charge in [-0.1, -0.05) is 28.1 Å². The zero-order valence-electron chi connectivity index (χ0n) is 23.2. The Morgan fingerprint density at radius 2 is 1.61 bits per heavy atom. The van der Waals surface area contributed by atoms with Gasteiger partial charge in [0.05, 0.1) is 10.6 Å². The van der Waals surface area contributed by atoms with Crippen molar-refractivity contribution in [3.05, 3.63) is 76.0 Å². The smallest absolute Gasteiger partial charge is 0.406 e. The van der Waals surface area contributed by atoms with Gasteiger partial charge in [0.2, 0.25) is 0 Å². The number of halogens is 4. The highest BCUT2D eigenvalue weighted by Gasteiger charge is 2.49. The highest BCUT2D eigenvalue weighted by atomic mass is 79.9. The molecule has 222 valence electrons. The summed E-state index contributed by atoms with van der Waals surface area (Å²) in [5.41, 5.74) is 3.06. The Hall–Kier alpha value is -2.37. The number of aryl methyl sites for hydroxylation is 2. The normalized spacial score (nSPS) is 23.0. The summed E-state index contributed by atoms with van der Waals surface area (Å²) >= 11 is 3.44. The number of piperidine rings is 1. The van der Waals surface area contributed by atoms with Crippen LogP contribution in [0.25, 0.3) is 0 Å². The minimum Gasteiger partial charge on any atom is -0.406 e. The molecule has 3 aromatic rings. The van der Waals surface area contributed by atoms with Gasteiger partial charge in [0.1, 0.15) is 10.5 Å². The molecule has 0 radical (unpaired) electrons. The molecule has 2 fully saturated rings. The van der Waals surface area contributed by atoms with E-state index in [0.29, 0.717) is 24.3 Å². The summed E-state index contributed by atoms with van der Waals surface area (Å²) in [6.07, 6.45) is -0.437. The van der Waals surface area contributed by atoms with Gasteiger partial charge >= 0.3 is 6.36 Å². The van der Waals surface area contributed by atoms with Crippen molar-refractivity contribution in [2.75, 3.05) is 13.1 Å². The van der Waals surface area contributed by atoms with Crippen molar-refractivity contribution in [3.8, 4) is 5.75 Å². The highest BCUT2D eigenvalue weighted by molar-refractivity contribution is 9.10.